The zero-order chi connectivity index (χ0) is 16.5. The quantitative estimate of drug-likeness (QED) is 0.260. The Labute approximate surface area is 152 Å². The second-order valence-electron chi connectivity index (χ2n) is 6.38. The highest BCUT2D eigenvalue weighted by Crippen LogP contribution is 2.53. The van der Waals surface area contributed by atoms with Gasteiger partial charge in [0.1, 0.15) is 0 Å². The molecule has 0 radical (unpaired) electrons. The van der Waals surface area contributed by atoms with Crippen LogP contribution >= 0.6 is 23.5 Å². The maximum atomic E-state index is 5.91. The van der Waals surface area contributed by atoms with Gasteiger partial charge in [0.2, 0.25) is 0 Å². The van der Waals surface area contributed by atoms with Crippen LogP contribution in [0.25, 0.3) is 0 Å². The van der Waals surface area contributed by atoms with E-state index in [-0.39, 0.29) is 0 Å². The maximum absolute atomic E-state index is 5.91. The van der Waals surface area contributed by atoms with Gasteiger partial charge in [-0.1, -0.05) is 0 Å². The highest BCUT2D eigenvalue weighted by Gasteiger charge is 2.43. The van der Waals surface area contributed by atoms with Crippen LogP contribution in [0.1, 0.15) is 52.9 Å². The van der Waals surface area contributed by atoms with Crippen LogP contribution < -0.4 is 0 Å². The Morgan fingerprint density at radius 2 is 1.65 bits per heavy atom. The molecule has 0 bridgehead atoms. The van der Waals surface area contributed by atoms with E-state index in [1.165, 1.54) is 37.2 Å². The number of thioether (sulfide) groups is 2. The van der Waals surface area contributed by atoms with Gasteiger partial charge in [0.15, 0.2) is 0 Å². The highest BCUT2D eigenvalue weighted by atomic mass is 32.2. The fraction of sp³-hybridized carbons (Fsp3) is 1.00. The zero-order valence-corrected chi connectivity index (χ0v) is 17.7. The van der Waals surface area contributed by atoms with E-state index in [4.69, 9.17) is 13.3 Å². The minimum absolute atomic E-state index is 0.682. The van der Waals surface area contributed by atoms with Crippen molar-refractivity contribution in [3.63, 3.8) is 0 Å². The van der Waals surface area contributed by atoms with Gasteiger partial charge in [-0.05, 0) is 70.3 Å². The van der Waals surface area contributed by atoms with E-state index in [9.17, 15) is 0 Å². The maximum Gasteiger partial charge on any atom is 0.500 e. The number of hydrogen-bond donors (Lipinski definition) is 0. The molecule has 0 spiro atoms. The first kappa shape index (κ1) is 20.1. The SMILES string of the molecule is CCO[Si](CCCSCCC1CCC2SC2C1)(OCC)OCC. The summed E-state index contributed by atoms with van der Waals surface area (Å²) in [7, 11) is -2.41. The van der Waals surface area contributed by atoms with Gasteiger partial charge in [-0.15, -0.1) is 0 Å². The molecule has 0 amide bonds. The van der Waals surface area contributed by atoms with Crippen LogP contribution in [0, 0.1) is 5.92 Å². The molecule has 1 heterocycles. The molecule has 1 saturated carbocycles. The Morgan fingerprint density at radius 3 is 2.26 bits per heavy atom. The van der Waals surface area contributed by atoms with Crippen molar-refractivity contribution in [3.8, 4) is 0 Å². The minimum Gasteiger partial charge on any atom is -0.374 e. The van der Waals surface area contributed by atoms with E-state index in [0.717, 1.165) is 28.9 Å². The van der Waals surface area contributed by atoms with Crippen molar-refractivity contribution < 1.29 is 13.3 Å². The summed E-state index contributed by atoms with van der Waals surface area (Å²) >= 11 is 4.33. The highest BCUT2D eigenvalue weighted by molar-refractivity contribution is 8.07. The normalized spacial score (nSPS) is 27.0. The fourth-order valence-corrected chi connectivity index (χ4v) is 8.68. The number of rotatable bonds is 13. The third-order valence-electron chi connectivity index (χ3n) is 4.65. The van der Waals surface area contributed by atoms with Crippen molar-refractivity contribution in [1.29, 1.82) is 0 Å². The third-order valence-corrected chi connectivity index (χ3v) is 10.4. The topological polar surface area (TPSA) is 27.7 Å². The molecular formula is C17H34O3S2Si. The van der Waals surface area contributed by atoms with E-state index in [0.29, 0.717) is 19.8 Å². The largest absolute Gasteiger partial charge is 0.500 e. The number of hydrogen-bond acceptors (Lipinski definition) is 5. The van der Waals surface area contributed by atoms with Gasteiger partial charge in [-0.3, -0.25) is 0 Å². The second-order valence-corrected chi connectivity index (χ2v) is 11.8. The average Bonchev–Trinajstić information content (AvgIpc) is 3.30. The van der Waals surface area contributed by atoms with Crippen LogP contribution in [0.4, 0.5) is 0 Å². The van der Waals surface area contributed by atoms with Crippen molar-refractivity contribution in [2.75, 3.05) is 31.3 Å². The summed E-state index contributed by atoms with van der Waals surface area (Å²) in [6.45, 7) is 8.13. The van der Waals surface area contributed by atoms with Gasteiger partial charge < -0.3 is 13.3 Å². The van der Waals surface area contributed by atoms with Crippen LogP contribution in [0.3, 0.4) is 0 Å². The van der Waals surface area contributed by atoms with Gasteiger partial charge in [-0.2, -0.15) is 23.5 Å². The van der Waals surface area contributed by atoms with Crippen molar-refractivity contribution in [1.82, 2.24) is 0 Å². The lowest BCUT2D eigenvalue weighted by Gasteiger charge is -2.28. The van der Waals surface area contributed by atoms with Crippen LogP contribution in [-0.2, 0) is 13.3 Å². The summed E-state index contributed by atoms with van der Waals surface area (Å²) in [5.74, 6) is 3.52. The molecule has 1 saturated heterocycles. The standard InChI is InChI=1S/C17H34O3S2Si/c1-4-18-23(19-5-2,20-6-3)13-7-11-21-12-10-15-8-9-16-17(14-15)22-16/h15-17H,4-14H2,1-3H3. The molecule has 3 unspecified atom stereocenters. The van der Waals surface area contributed by atoms with Crippen molar-refractivity contribution in [3.05, 3.63) is 0 Å². The Balaban J connectivity index is 1.56. The summed E-state index contributed by atoms with van der Waals surface area (Å²) in [5.41, 5.74) is 0. The molecule has 2 aliphatic rings. The molecule has 6 heteroatoms. The fourth-order valence-electron chi connectivity index (χ4n) is 3.49. The van der Waals surface area contributed by atoms with Crippen LogP contribution in [0.5, 0.6) is 0 Å². The molecule has 0 aromatic carbocycles. The molecular weight excluding hydrogens is 344 g/mol. The van der Waals surface area contributed by atoms with E-state index in [2.05, 4.69) is 23.5 Å². The van der Waals surface area contributed by atoms with Gasteiger partial charge in [0.05, 0.1) is 0 Å². The lowest BCUT2D eigenvalue weighted by Crippen LogP contribution is -2.46. The molecule has 0 N–H and O–H groups in total. The van der Waals surface area contributed by atoms with Gasteiger partial charge in [-0.25, -0.2) is 0 Å². The van der Waals surface area contributed by atoms with E-state index < -0.39 is 8.80 Å². The average molecular weight is 379 g/mol. The van der Waals surface area contributed by atoms with E-state index in [1.807, 2.05) is 20.8 Å². The van der Waals surface area contributed by atoms with Gasteiger partial charge in [0.25, 0.3) is 0 Å². The molecule has 2 fully saturated rings. The van der Waals surface area contributed by atoms with Gasteiger partial charge >= 0.3 is 8.80 Å². The lowest BCUT2D eigenvalue weighted by atomic mass is 9.88. The Morgan fingerprint density at radius 1 is 0.957 bits per heavy atom. The Hall–Kier alpha value is 0.797. The first-order valence-electron chi connectivity index (χ1n) is 9.38. The summed E-state index contributed by atoms with van der Waals surface area (Å²) in [4.78, 5) is 0. The first-order chi connectivity index (χ1) is 11.2. The monoisotopic (exact) mass is 378 g/mol. The van der Waals surface area contributed by atoms with Gasteiger partial charge in [0, 0.05) is 36.4 Å². The van der Waals surface area contributed by atoms with Crippen LogP contribution in [0.15, 0.2) is 0 Å². The van der Waals surface area contributed by atoms with Crippen molar-refractivity contribution in [2.45, 2.75) is 69.4 Å². The predicted octanol–water partition coefficient (Wildman–Crippen LogP) is 4.83. The van der Waals surface area contributed by atoms with Crippen LogP contribution in [-0.4, -0.2) is 50.6 Å². The molecule has 0 aromatic heterocycles. The van der Waals surface area contributed by atoms with Crippen molar-refractivity contribution >= 4 is 32.3 Å². The third kappa shape index (κ3) is 6.90. The lowest BCUT2D eigenvalue weighted by molar-refractivity contribution is 0.0712. The zero-order valence-electron chi connectivity index (χ0n) is 15.1. The summed E-state index contributed by atoms with van der Waals surface area (Å²) in [5, 5.41) is 2.08. The molecule has 136 valence electrons. The molecule has 2 rings (SSSR count). The first-order valence-corrected chi connectivity index (χ1v) is 13.4. The summed E-state index contributed by atoms with van der Waals surface area (Å²) in [6.07, 6.45) is 7.01. The molecule has 3 atom stereocenters. The predicted molar refractivity (Wildman–Crippen MR) is 105 cm³/mol. The summed E-state index contributed by atoms with van der Waals surface area (Å²) in [6, 6.07) is 0.958. The Kier molecular flexibility index (Phi) is 9.37. The summed E-state index contributed by atoms with van der Waals surface area (Å²) < 4.78 is 17.7. The number of fused-ring (bicyclic) bond motifs is 1. The molecule has 23 heavy (non-hydrogen) atoms. The molecule has 3 nitrogen and oxygen atoms in total. The molecule has 1 aliphatic heterocycles. The molecule has 1 aliphatic carbocycles. The smallest absolute Gasteiger partial charge is 0.374 e. The van der Waals surface area contributed by atoms with Crippen LogP contribution in [0.2, 0.25) is 6.04 Å². The van der Waals surface area contributed by atoms with E-state index in [1.54, 1.807) is 0 Å². The van der Waals surface area contributed by atoms with E-state index >= 15 is 0 Å². The molecule has 0 aromatic rings. The van der Waals surface area contributed by atoms with Crippen molar-refractivity contribution in [2.24, 2.45) is 5.92 Å². The minimum atomic E-state index is -2.41. The second kappa shape index (κ2) is 10.7. The Bertz CT molecular complexity index is 316.